The fourth-order valence-electron chi connectivity index (χ4n) is 1.84. The lowest BCUT2D eigenvalue weighted by molar-refractivity contribution is 0.411. The van der Waals surface area contributed by atoms with Gasteiger partial charge in [0.25, 0.3) is 5.56 Å². The molecule has 0 aliphatic carbocycles. The molecule has 0 radical (unpaired) electrons. The van der Waals surface area contributed by atoms with Crippen molar-refractivity contribution in [2.45, 2.75) is 24.3 Å². The Labute approximate surface area is 122 Å². The number of ether oxygens (including phenoxy) is 1. The van der Waals surface area contributed by atoms with Gasteiger partial charge >= 0.3 is 0 Å². The van der Waals surface area contributed by atoms with E-state index in [9.17, 15) is 4.79 Å². The van der Waals surface area contributed by atoms with Gasteiger partial charge in [-0.05, 0) is 12.5 Å². The van der Waals surface area contributed by atoms with E-state index in [-0.39, 0.29) is 5.56 Å². The van der Waals surface area contributed by atoms with Gasteiger partial charge in [-0.15, -0.1) is 0 Å². The van der Waals surface area contributed by atoms with Crippen LogP contribution in [-0.2, 0) is 19.2 Å². The standard InChI is InChI=1S/C15H18N2O2S/c1-4-12-9-14(18)17(2)15(16-12)20-10-11-7-5-6-8-13(11)19-3/h5-9H,4,10H2,1-3H3. The molecule has 0 saturated heterocycles. The Hall–Kier alpha value is -1.75. The Morgan fingerprint density at radius 3 is 2.80 bits per heavy atom. The minimum Gasteiger partial charge on any atom is -0.496 e. The zero-order chi connectivity index (χ0) is 14.5. The number of aromatic nitrogens is 2. The topological polar surface area (TPSA) is 44.1 Å². The molecule has 1 aromatic carbocycles. The van der Waals surface area contributed by atoms with Crippen molar-refractivity contribution in [3.63, 3.8) is 0 Å². The monoisotopic (exact) mass is 290 g/mol. The van der Waals surface area contributed by atoms with Gasteiger partial charge in [0, 0.05) is 30.1 Å². The van der Waals surface area contributed by atoms with Gasteiger partial charge in [-0.25, -0.2) is 4.98 Å². The number of aryl methyl sites for hydroxylation is 1. The van der Waals surface area contributed by atoms with Gasteiger partial charge in [0.05, 0.1) is 7.11 Å². The maximum absolute atomic E-state index is 11.8. The molecule has 106 valence electrons. The third-order valence-corrected chi connectivity index (χ3v) is 4.14. The van der Waals surface area contributed by atoms with Crippen molar-refractivity contribution in [3.8, 4) is 5.75 Å². The average Bonchev–Trinajstić information content (AvgIpc) is 2.48. The maximum Gasteiger partial charge on any atom is 0.254 e. The molecule has 0 amide bonds. The number of hydrogen-bond acceptors (Lipinski definition) is 4. The van der Waals surface area contributed by atoms with Gasteiger partial charge in [0.1, 0.15) is 5.75 Å². The molecule has 0 unspecified atom stereocenters. The molecule has 0 aliphatic rings. The molecule has 20 heavy (non-hydrogen) atoms. The molecule has 0 N–H and O–H groups in total. The summed E-state index contributed by atoms with van der Waals surface area (Å²) in [5.74, 6) is 1.58. The molecule has 0 saturated carbocycles. The molecule has 0 spiro atoms. The molecular formula is C15H18N2O2S. The first-order valence-corrected chi connectivity index (χ1v) is 7.46. The van der Waals surface area contributed by atoms with Crippen LogP contribution in [0.15, 0.2) is 40.3 Å². The number of hydrogen-bond donors (Lipinski definition) is 0. The largest absolute Gasteiger partial charge is 0.496 e. The summed E-state index contributed by atoms with van der Waals surface area (Å²) in [6, 6.07) is 9.47. The van der Waals surface area contributed by atoms with Crippen molar-refractivity contribution in [3.05, 3.63) is 51.9 Å². The molecule has 1 heterocycles. The van der Waals surface area contributed by atoms with Crippen molar-refractivity contribution in [1.82, 2.24) is 9.55 Å². The summed E-state index contributed by atoms with van der Waals surface area (Å²) in [6.07, 6.45) is 0.762. The first kappa shape index (κ1) is 14.7. The van der Waals surface area contributed by atoms with Crippen molar-refractivity contribution in [2.75, 3.05) is 7.11 Å². The van der Waals surface area contributed by atoms with Gasteiger partial charge in [-0.1, -0.05) is 36.9 Å². The fourth-order valence-corrected chi connectivity index (χ4v) is 2.83. The van der Waals surface area contributed by atoms with Crippen LogP contribution < -0.4 is 10.3 Å². The SMILES string of the molecule is CCc1cc(=O)n(C)c(SCc2ccccc2OC)n1. The van der Waals surface area contributed by atoms with Gasteiger partial charge in [-0.2, -0.15) is 0 Å². The summed E-state index contributed by atoms with van der Waals surface area (Å²) in [7, 11) is 3.41. The van der Waals surface area contributed by atoms with Crippen molar-refractivity contribution in [2.24, 2.45) is 7.05 Å². The predicted octanol–water partition coefficient (Wildman–Crippen LogP) is 2.64. The van der Waals surface area contributed by atoms with E-state index in [2.05, 4.69) is 4.98 Å². The number of benzene rings is 1. The van der Waals surface area contributed by atoms with Crippen LogP contribution in [0.1, 0.15) is 18.2 Å². The van der Waals surface area contributed by atoms with E-state index in [0.717, 1.165) is 34.3 Å². The maximum atomic E-state index is 11.8. The minimum absolute atomic E-state index is 0.0145. The number of rotatable bonds is 5. The van der Waals surface area contributed by atoms with Crippen molar-refractivity contribution >= 4 is 11.8 Å². The van der Waals surface area contributed by atoms with Crippen LogP contribution in [0.3, 0.4) is 0 Å². The lowest BCUT2D eigenvalue weighted by Gasteiger charge is -2.10. The number of para-hydroxylation sites is 1. The molecule has 0 atom stereocenters. The highest BCUT2D eigenvalue weighted by Gasteiger charge is 2.08. The van der Waals surface area contributed by atoms with Crippen LogP contribution in [0.25, 0.3) is 0 Å². The van der Waals surface area contributed by atoms with E-state index in [1.54, 1.807) is 36.6 Å². The summed E-state index contributed by atoms with van der Waals surface area (Å²) >= 11 is 1.55. The third kappa shape index (κ3) is 3.22. The molecule has 4 nitrogen and oxygen atoms in total. The minimum atomic E-state index is -0.0145. The van der Waals surface area contributed by atoms with Gasteiger partial charge in [-0.3, -0.25) is 9.36 Å². The molecular weight excluding hydrogens is 272 g/mol. The molecule has 5 heteroatoms. The second-order valence-corrected chi connectivity index (χ2v) is 5.32. The Kier molecular flexibility index (Phi) is 4.84. The Morgan fingerprint density at radius 1 is 1.35 bits per heavy atom. The van der Waals surface area contributed by atoms with Crippen LogP contribution in [-0.4, -0.2) is 16.7 Å². The highest BCUT2D eigenvalue weighted by atomic mass is 32.2. The molecule has 1 aromatic heterocycles. The van der Waals surface area contributed by atoms with Gasteiger partial charge < -0.3 is 4.74 Å². The quantitative estimate of drug-likeness (QED) is 0.627. The Balaban J connectivity index is 2.23. The van der Waals surface area contributed by atoms with Crippen LogP contribution in [0.2, 0.25) is 0 Å². The van der Waals surface area contributed by atoms with Crippen LogP contribution in [0.4, 0.5) is 0 Å². The highest BCUT2D eigenvalue weighted by molar-refractivity contribution is 7.98. The molecule has 2 rings (SSSR count). The Bertz CT molecular complexity index is 653. The molecule has 0 fully saturated rings. The Morgan fingerprint density at radius 2 is 2.10 bits per heavy atom. The average molecular weight is 290 g/mol. The first-order valence-electron chi connectivity index (χ1n) is 6.47. The second kappa shape index (κ2) is 6.61. The van der Waals surface area contributed by atoms with Crippen LogP contribution in [0, 0.1) is 0 Å². The summed E-state index contributed by atoms with van der Waals surface area (Å²) in [6.45, 7) is 2.00. The van der Waals surface area contributed by atoms with E-state index in [0.29, 0.717) is 0 Å². The molecule has 2 aromatic rings. The summed E-state index contributed by atoms with van der Waals surface area (Å²) in [5.41, 5.74) is 1.91. The third-order valence-electron chi connectivity index (χ3n) is 3.06. The zero-order valence-electron chi connectivity index (χ0n) is 11.9. The van der Waals surface area contributed by atoms with Crippen LogP contribution in [0.5, 0.6) is 5.75 Å². The molecule has 0 bridgehead atoms. The highest BCUT2D eigenvalue weighted by Crippen LogP contribution is 2.26. The predicted molar refractivity (Wildman–Crippen MR) is 81.4 cm³/mol. The van der Waals surface area contributed by atoms with E-state index in [4.69, 9.17) is 4.74 Å². The number of methoxy groups -OCH3 is 1. The van der Waals surface area contributed by atoms with E-state index in [1.165, 1.54) is 0 Å². The van der Waals surface area contributed by atoms with E-state index in [1.807, 2.05) is 31.2 Å². The zero-order valence-corrected chi connectivity index (χ0v) is 12.7. The second-order valence-electron chi connectivity index (χ2n) is 4.38. The van der Waals surface area contributed by atoms with Gasteiger partial charge in [0.2, 0.25) is 0 Å². The number of nitrogens with zero attached hydrogens (tertiary/aromatic N) is 2. The van der Waals surface area contributed by atoms with Gasteiger partial charge in [0.15, 0.2) is 5.16 Å². The van der Waals surface area contributed by atoms with E-state index < -0.39 is 0 Å². The first-order chi connectivity index (χ1) is 9.65. The van der Waals surface area contributed by atoms with Crippen molar-refractivity contribution in [1.29, 1.82) is 0 Å². The summed E-state index contributed by atoms with van der Waals surface area (Å²) in [4.78, 5) is 16.3. The number of thioether (sulfide) groups is 1. The van der Waals surface area contributed by atoms with Crippen molar-refractivity contribution < 1.29 is 4.74 Å². The fraction of sp³-hybridized carbons (Fsp3) is 0.333. The molecule has 0 aliphatic heterocycles. The summed E-state index contributed by atoms with van der Waals surface area (Å²) < 4.78 is 6.91. The van der Waals surface area contributed by atoms with Crippen LogP contribution >= 0.6 is 11.8 Å². The lowest BCUT2D eigenvalue weighted by atomic mass is 10.2. The normalized spacial score (nSPS) is 10.6. The summed E-state index contributed by atoms with van der Waals surface area (Å²) in [5, 5.41) is 0.736. The smallest absolute Gasteiger partial charge is 0.254 e. The lowest BCUT2D eigenvalue weighted by Crippen LogP contribution is -2.20. The van der Waals surface area contributed by atoms with E-state index >= 15 is 0 Å².